The number of hydrogen-bond acceptors (Lipinski definition) is 3. The first-order valence-corrected chi connectivity index (χ1v) is 6.79. The van der Waals surface area contributed by atoms with E-state index >= 15 is 0 Å². The molecule has 8 heteroatoms. The topological polar surface area (TPSA) is 47.3 Å². The van der Waals surface area contributed by atoms with E-state index in [2.05, 4.69) is 26.0 Å². The first-order chi connectivity index (χ1) is 9.74. The van der Waals surface area contributed by atoms with Gasteiger partial charge in [-0.15, -0.1) is 13.2 Å². The van der Waals surface area contributed by atoms with Crippen LogP contribution in [0.1, 0.15) is 0 Å². The monoisotopic (exact) mass is 380 g/mol. The zero-order chi connectivity index (χ0) is 15.6. The second kappa shape index (κ2) is 6.03. The number of nitrogens with two attached hydrogens (primary N) is 1. The van der Waals surface area contributed by atoms with Gasteiger partial charge in [0.1, 0.15) is 0 Å². The number of anilines is 3. The fraction of sp³-hybridized carbons (Fsp3) is 0.0769. The standard InChI is InChI=1S/C13H9BrClF3N2O/c14-7-1-3-11(12(5-7)21-13(16,17)18)20-10-4-2-8(19)6-9(10)15/h1-6,20H,19H2. The van der Waals surface area contributed by atoms with Gasteiger partial charge in [0.25, 0.3) is 0 Å². The molecule has 0 spiro atoms. The summed E-state index contributed by atoms with van der Waals surface area (Å²) in [5.41, 5.74) is 6.56. The average molecular weight is 382 g/mol. The van der Waals surface area contributed by atoms with Crippen molar-refractivity contribution in [1.29, 1.82) is 0 Å². The van der Waals surface area contributed by atoms with Gasteiger partial charge in [-0.1, -0.05) is 27.5 Å². The maximum atomic E-state index is 12.4. The number of halogens is 5. The molecule has 112 valence electrons. The third-order valence-corrected chi connectivity index (χ3v) is 3.24. The maximum Gasteiger partial charge on any atom is 0.573 e. The Kier molecular flexibility index (Phi) is 4.53. The van der Waals surface area contributed by atoms with E-state index < -0.39 is 6.36 Å². The number of alkyl halides is 3. The zero-order valence-corrected chi connectivity index (χ0v) is 12.7. The van der Waals surface area contributed by atoms with Crippen LogP contribution in [0, 0.1) is 0 Å². The van der Waals surface area contributed by atoms with Gasteiger partial charge >= 0.3 is 6.36 Å². The number of rotatable bonds is 3. The number of ether oxygens (including phenoxy) is 1. The Morgan fingerprint density at radius 1 is 1.10 bits per heavy atom. The molecular weight excluding hydrogens is 373 g/mol. The van der Waals surface area contributed by atoms with Gasteiger partial charge < -0.3 is 15.8 Å². The molecule has 2 aromatic carbocycles. The van der Waals surface area contributed by atoms with E-state index in [1.54, 1.807) is 18.2 Å². The third kappa shape index (κ3) is 4.44. The summed E-state index contributed by atoms with van der Waals surface area (Å²) in [4.78, 5) is 0. The molecule has 0 bridgehead atoms. The Morgan fingerprint density at radius 2 is 1.76 bits per heavy atom. The van der Waals surface area contributed by atoms with E-state index in [0.717, 1.165) is 0 Å². The van der Waals surface area contributed by atoms with Crippen LogP contribution >= 0.6 is 27.5 Å². The molecule has 0 saturated heterocycles. The molecule has 0 amide bonds. The minimum absolute atomic E-state index is 0.127. The molecule has 0 radical (unpaired) electrons. The molecule has 0 unspecified atom stereocenters. The van der Waals surface area contributed by atoms with Crippen LogP contribution in [0.25, 0.3) is 0 Å². The Hall–Kier alpha value is -1.60. The van der Waals surface area contributed by atoms with Gasteiger partial charge in [-0.05, 0) is 36.4 Å². The fourth-order valence-corrected chi connectivity index (χ4v) is 2.16. The molecule has 0 aliphatic carbocycles. The van der Waals surface area contributed by atoms with Crippen LogP contribution in [-0.2, 0) is 0 Å². The second-order valence-corrected chi connectivity index (χ2v) is 5.38. The minimum Gasteiger partial charge on any atom is -0.404 e. The van der Waals surface area contributed by atoms with Crippen LogP contribution in [0.5, 0.6) is 5.75 Å². The SMILES string of the molecule is Nc1ccc(Nc2ccc(Br)cc2OC(F)(F)F)c(Cl)c1. The van der Waals surface area contributed by atoms with Crippen molar-refractivity contribution in [2.24, 2.45) is 0 Å². The Balaban J connectivity index is 2.35. The lowest BCUT2D eigenvalue weighted by Gasteiger charge is -2.16. The van der Waals surface area contributed by atoms with E-state index in [-0.39, 0.29) is 16.5 Å². The van der Waals surface area contributed by atoms with Crippen molar-refractivity contribution in [2.45, 2.75) is 6.36 Å². The number of hydrogen-bond donors (Lipinski definition) is 2. The quantitative estimate of drug-likeness (QED) is 0.707. The molecule has 0 heterocycles. The fourth-order valence-electron chi connectivity index (χ4n) is 1.59. The maximum absolute atomic E-state index is 12.4. The molecule has 0 aliphatic heterocycles. The summed E-state index contributed by atoms with van der Waals surface area (Å²) in [6.45, 7) is 0. The van der Waals surface area contributed by atoms with Crippen molar-refractivity contribution in [2.75, 3.05) is 11.1 Å². The largest absolute Gasteiger partial charge is 0.573 e. The van der Waals surface area contributed by atoms with E-state index in [0.29, 0.717) is 15.8 Å². The number of benzene rings is 2. The Morgan fingerprint density at radius 3 is 2.38 bits per heavy atom. The van der Waals surface area contributed by atoms with Crippen molar-refractivity contribution in [3.63, 3.8) is 0 Å². The number of nitrogen functional groups attached to an aromatic ring is 1. The lowest BCUT2D eigenvalue weighted by atomic mass is 10.2. The normalized spacial score (nSPS) is 11.3. The first kappa shape index (κ1) is 15.8. The van der Waals surface area contributed by atoms with Gasteiger partial charge in [0.15, 0.2) is 5.75 Å². The molecule has 0 saturated carbocycles. The highest BCUT2D eigenvalue weighted by Crippen LogP contribution is 2.36. The van der Waals surface area contributed by atoms with Crippen molar-refractivity contribution in [1.82, 2.24) is 0 Å². The predicted molar refractivity (Wildman–Crippen MR) is 80.0 cm³/mol. The van der Waals surface area contributed by atoms with Crippen molar-refractivity contribution >= 4 is 44.6 Å². The van der Waals surface area contributed by atoms with Crippen LogP contribution in [0.15, 0.2) is 40.9 Å². The van der Waals surface area contributed by atoms with E-state index in [4.69, 9.17) is 17.3 Å². The first-order valence-electron chi connectivity index (χ1n) is 5.62. The van der Waals surface area contributed by atoms with Crippen LogP contribution in [0.4, 0.5) is 30.2 Å². The van der Waals surface area contributed by atoms with Crippen molar-refractivity contribution in [3.05, 3.63) is 45.9 Å². The molecule has 21 heavy (non-hydrogen) atoms. The predicted octanol–water partition coefficient (Wildman–Crippen LogP) is 5.33. The van der Waals surface area contributed by atoms with Gasteiger partial charge in [-0.2, -0.15) is 0 Å². The molecule has 0 fully saturated rings. The summed E-state index contributed by atoms with van der Waals surface area (Å²) in [6.07, 6.45) is -4.79. The summed E-state index contributed by atoms with van der Waals surface area (Å²) in [7, 11) is 0. The average Bonchev–Trinajstić information content (AvgIpc) is 2.33. The van der Waals surface area contributed by atoms with Gasteiger partial charge in [0.2, 0.25) is 0 Å². The number of nitrogens with one attached hydrogen (secondary N) is 1. The minimum atomic E-state index is -4.79. The highest BCUT2D eigenvalue weighted by atomic mass is 79.9. The second-order valence-electron chi connectivity index (χ2n) is 4.05. The van der Waals surface area contributed by atoms with Gasteiger partial charge in [-0.25, -0.2) is 0 Å². The molecule has 0 aromatic heterocycles. The van der Waals surface area contributed by atoms with Gasteiger partial charge in [0.05, 0.1) is 16.4 Å². The van der Waals surface area contributed by atoms with E-state index in [1.165, 1.54) is 18.2 Å². The zero-order valence-electron chi connectivity index (χ0n) is 10.3. The Labute approximate surface area is 132 Å². The summed E-state index contributed by atoms with van der Waals surface area (Å²) in [6, 6.07) is 8.87. The molecular formula is C13H9BrClF3N2O. The van der Waals surface area contributed by atoms with E-state index in [1.807, 2.05) is 0 Å². The molecule has 3 N–H and O–H groups in total. The summed E-state index contributed by atoms with van der Waals surface area (Å²) >= 11 is 9.08. The highest BCUT2D eigenvalue weighted by Gasteiger charge is 2.32. The Bertz CT molecular complexity index is 664. The lowest BCUT2D eigenvalue weighted by molar-refractivity contribution is -0.274. The van der Waals surface area contributed by atoms with Crippen LogP contribution < -0.4 is 15.8 Å². The smallest absolute Gasteiger partial charge is 0.404 e. The van der Waals surface area contributed by atoms with Crippen LogP contribution in [0.3, 0.4) is 0 Å². The van der Waals surface area contributed by atoms with Crippen molar-refractivity contribution in [3.8, 4) is 5.75 Å². The van der Waals surface area contributed by atoms with Gasteiger partial charge in [0, 0.05) is 10.2 Å². The molecule has 0 aliphatic rings. The van der Waals surface area contributed by atoms with Gasteiger partial charge in [-0.3, -0.25) is 0 Å². The summed E-state index contributed by atoms with van der Waals surface area (Å²) in [5.74, 6) is -0.371. The highest BCUT2D eigenvalue weighted by molar-refractivity contribution is 9.10. The van der Waals surface area contributed by atoms with Crippen molar-refractivity contribution < 1.29 is 17.9 Å². The lowest BCUT2D eigenvalue weighted by Crippen LogP contribution is -2.18. The van der Waals surface area contributed by atoms with E-state index in [9.17, 15) is 13.2 Å². The third-order valence-electron chi connectivity index (χ3n) is 2.43. The summed E-state index contributed by atoms with van der Waals surface area (Å²) in [5, 5.41) is 3.07. The van der Waals surface area contributed by atoms with Crippen LogP contribution in [0.2, 0.25) is 5.02 Å². The molecule has 0 atom stereocenters. The molecule has 2 aromatic rings. The molecule has 3 nitrogen and oxygen atoms in total. The molecule has 2 rings (SSSR count). The summed E-state index contributed by atoms with van der Waals surface area (Å²) < 4.78 is 41.7. The van der Waals surface area contributed by atoms with Crippen LogP contribution in [-0.4, -0.2) is 6.36 Å².